The minimum Gasteiger partial charge on any atom is -0.490 e. The van der Waals surface area contributed by atoms with Crippen LogP contribution in [0.3, 0.4) is 0 Å². The van der Waals surface area contributed by atoms with Gasteiger partial charge < -0.3 is 14.8 Å². The molecule has 0 saturated carbocycles. The third-order valence-electron chi connectivity index (χ3n) is 3.27. The number of halogens is 1. The fourth-order valence-corrected chi connectivity index (χ4v) is 2.46. The Hall–Kier alpha value is -2.98. The summed E-state index contributed by atoms with van der Waals surface area (Å²) >= 11 is 0. The van der Waals surface area contributed by atoms with Gasteiger partial charge in [0.1, 0.15) is 31.3 Å². The summed E-state index contributed by atoms with van der Waals surface area (Å²) in [4.78, 5) is 23.3. The summed E-state index contributed by atoms with van der Waals surface area (Å²) in [6, 6.07) is 10.3. The molecule has 2 rings (SSSR count). The number of hydrogen-bond donors (Lipinski definition) is 2. The molecule has 0 aliphatic rings. The maximum absolute atomic E-state index is 12.8. The van der Waals surface area contributed by atoms with Gasteiger partial charge in [-0.2, -0.15) is 0 Å². The first-order valence-electron chi connectivity index (χ1n) is 7.71. The Kier molecular flexibility index (Phi) is 6.85. The molecule has 144 valence electrons. The lowest BCUT2D eigenvalue weighted by Crippen LogP contribution is -2.31. The van der Waals surface area contributed by atoms with E-state index in [2.05, 4.69) is 5.32 Å². The highest BCUT2D eigenvalue weighted by Gasteiger charge is 2.10. The molecule has 2 aromatic carbocycles. The zero-order chi connectivity index (χ0) is 19.9. The van der Waals surface area contributed by atoms with Crippen molar-refractivity contribution in [2.24, 2.45) is 5.14 Å². The van der Waals surface area contributed by atoms with Gasteiger partial charge in [-0.3, -0.25) is 9.59 Å². The number of nitrogens with two attached hydrogens (primary N) is 1. The highest BCUT2D eigenvalue weighted by Crippen LogP contribution is 2.14. The van der Waals surface area contributed by atoms with Crippen LogP contribution in [-0.4, -0.2) is 40.1 Å². The van der Waals surface area contributed by atoms with Crippen LogP contribution < -0.4 is 15.2 Å². The molecule has 0 bridgehead atoms. The Morgan fingerprint density at radius 2 is 1.63 bits per heavy atom. The number of amides is 1. The third kappa shape index (κ3) is 6.68. The number of ether oxygens (including phenoxy) is 2. The Balaban J connectivity index is 1.67. The number of rotatable bonds is 8. The van der Waals surface area contributed by atoms with Gasteiger partial charge in [-0.15, -0.1) is 0 Å². The molecular formula is C17H17FN2O6S. The van der Waals surface area contributed by atoms with Crippen LogP contribution in [-0.2, 0) is 19.6 Å². The van der Waals surface area contributed by atoms with Crippen LogP contribution >= 0.6 is 0 Å². The van der Waals surface area contributed by atoms with Crippen molar-refractivity contribution >= 4 is 21.9 Å². The third-order valence-corrected chi connectivity index (χ3v) is 4.20. The van der Waals surface area contributed by atoms with Crippen LogP contribution in [0.4, 0.5) is 4.39 Å². The molecule has 0 aliphatic heterocycles. The van der Waals surface area contributed by atoms with Crippen LogP contribution in [0.2, 0.25) is 0 Å². The fourth-order valence-electron chi connectivity index (χ4n) is 1.95. The van der Waals surface area contributed by atoms with Crippen molar-refractivity contribution in [3.63, 3.8) is 0 Å². The van der Waals surface area contributed by atoms with E-state index in [9.17, 15) is 22.4 Å². The summed E-state index contributed by atoms with van der Waals surface area (Å²) in [7, 11) is -3.77. The van der Waals surface area contributed by atoms with E-state index in [1.807, 2.05) is 0 Å². The Bertz CT molecular complexity index is 898. The lowest BCUT2D eigenvalue weighted by atomic mass is 10.2. The van der Waals surface area contributed by atoms with E-state index < -0.39 is 27.7 Å². The maximum atomic E-state index is 12.8. The molecule has 0 radical (unpaired) electrons. The Morgan fingerprint density at radius 1 is 1.00 bits per heavy atom. The molecule has 27 heavy (non-hydrogen) atoms. The topological polar surface area (TPSA) is 125 Å². The molecule has 0 atom stereocenters. The lowest BCUT2D eigenvalue weighted by Gasteiger charge is -2.08. The summed E-state index contributed by atoms with van der Waals surface area (Å²) < 4.78 is 45.2. The molecule has 0 fully saturated rings. The van der Waals surface area contributed by atoms with Gasteiger partial charge in [-0.25, -0.2) is 17.9 Å². The number of esters is 1. The van der Waals surface area contributed by atoms with Gasteiger partial charge in [-0.05, 0) is 48.5 Å². The second-order valence-electron chi connectivity index (χ2n) is 5.27. The number of carbonyl (C=O) groups is 2. The molecule has 10 heteroatoms. The quantitative estimate of drug-likeness (QED) is 0.503. The normalized spacial score (nSPS) is 10.9. The van der Waals surface area contributed by atoms with E-state index in [-0.39, 0.29) is 30.2 Å². The molecule has 0 spiro atoms. The number of nitrogens with one attached hydrogen (secondary N) is 1. The van der Waals surface area contributed by atoms with Gasteiger partial charge >= 0.3 is 5.97 Å². The predicted molar refractivity (Wildman–Crippen MR) is 93.0 cm³/mol. The first-order valence-corrected chi connectivity index (χ1v) is 9.25. The van der Waals surface area contributed by atoms with Gasteiger partial charge in [-0.1, -0.05) is 0 Å². The summed E-state index contributed by atoms with van der Waals surface area (Å²) in [5, 5.41) is 7.33. The van der Waals surface area contributed by atoms with Crippen molar-refractivity contribution in [1.82, 2.24) is 5.32 Å². The predicted octanol–water partition coefficient (Wildman–Crippen LogP) is 0.825. The first kappa shape index (κ1) is 20.3. The van der Waals surface area contributed by atoms with Gasteiger partial charge in [0.05, 0.1) is 4.90 Å². The largest absolute Gasteiger partial charge is 0.490 e. The number of sulfonamides is 1. The van der Waals surface area contributed by atoms with E-state index in [4.69, 9.17) is 14.6 Å². The Morgan fingerprint density at radius 3 is 2.22 bits per heavy atom. The fraction of sp³-hybridized carbons (Fsp3) is 0.176. The molecule has 3 N–H and O–H groups in total. The van der Waals surface area contributed by atoms with Crippen molar-refractivity contribution < 1.29 is 31.9 Å². The zero-order valence-corrected chi connectivity index (χ0v) is 14.9. The lowest BCUT2D eigenvalue weighted by molar-refractivity contribution is -0.143. The molecule has 0 aromatic heterocycles. The van der Waals surface area contributed by atoms with E-state index in [0.717, 1.165) is 12.1 Å². The van der Waals surface area contributed by atoms with E-state index >= 15 is 0 Å². The second kappa shape index (κ2) is 9.10. The Labute approximate surface area is 155 Å². The van der Waals surface area contributed by atoms with Gasteiger partial charge in [0.25, 0.3) is 5.91 Å². The zero-order valence-electron chi connectivity index (χ0n) is 14.1. The number of carbonyl (C=O) groups excluding carboxylic acids is 2. The van der Waals surface area contributed by atoms with E-state index in [1.54, 1.807) is 0 Å². The second-order valence-corrected chi connectivity index (χ2v) is 6.84. The molecule has 2 aromatic rings. The molecule has 0 aliphatic carbocycles. The van der Waals surface area contributed by atoms with Gasteiger partial charge in [0.2, 0.25) is 10.0 Å². The summed E-state index contributed by atoms with van der Waals surface area (Å²) in [5.41, 5.74) is 0.218. The standard InChI is InChI=1S/C17H17FN2O6S/c18-13-3-1-12(2-4-13)17(22)20-11-16(21)26-10-9-25-14-5-7-15(8-6-14)27(19,23)24/h1-8H,9-11H2,(H,20,22)(H2,19,23,24). The number of benzene rings is 2. The van der Waals surface area contributed by atoms with Crippen LogP contribution in [0.1, 0.15) is 10.4 Å². The average Bonchev–Trinajstić information content (AvgIpc) is 2.63. The molecule has 0 heterocycles. The van der Waals surface area contributed by atoms with Crippen molar-refractivity contribution in [1.29, 1.82) is 0 Å². The molecule has 8 nitrogen and oxygen atoms in total. The van der Waals surface area contributed by atoms with Crippen molar-refractivity contribution in [2.45, 2.75) is 4.90 Å². The highest BCUT2D eigenvalue weighted by molar-refractivity contribution is 7.89. The average molecular weight is 396 g/mol. The minimum absolute atomic E-state index is 0.0341. The number of primary sulfonamides is 1. The first-order chi connectivity index (χ1) is 12.8. The monoisotopic (exact) mass is 396 g/mol. The van der Waals surface area contributed by atoms with Crippen molar-refractivity contribution in [3.05, 3.63) is 59.9 Å². The van der Waals surface area contributed by atoms with Crippen LogP contribution in [0, 0.1) is 5.82 Å². The van der Waals surface area contributed by atoms with E-state index in [1.165, 1.54) is 36.4 Å². The summed E-state index contributed by atoms with van der Waals surface area (Å²) in [6.07, 6.45) is 0. The van der Waals surface area contributed by atoms with Crippen LogP contribution in [0.15, 0.2) is 53.4 Å². The molecular weight excluding hydrogens is 379 g/mol. The molecule has 0 unspecified atom stereocenters. The number of hydrogen-bond acceptors (Lipinski definition) is 6. The van der Waals surface area contributed by atoms with Crippen LogP contribution in [0.25, 0.3) is 0 Å². The highest BCUT2D eigenvalue weighted by atomic mass is 32.2. The smallest absolute Gasteiger partial charge is 0.325 e. The van der Waals surface area contributed by atoms with Crippen molar-refractivity contribution in [2.75, 3.05) is 19.8 Å². The van der Waals surface area contributed by atoms with E-state index in [0.29, 0.717) is 5.75 Å². The maximum Gasteiger partial charge on any atom is 0.325 e. The molecule has 1 amide bonds. The summed E-state index contributed by atoms with van der Waals surface area (Å²) in [5.74, 6) is -1.29. The van der Waals surface area contributed by atoms with Crippen molar-refractivity contribution in [3.8, 4) is 5.75 Å². The van der Waals surface area contributed by atoms with Gasteiger partial charge in [0.15, 0.2) is 0 Å². The minimum atomic E-state index is -3.77. The SMILES string of the molecule is NS(=O)(=O)c1ccc(OCCOC(=O)CNC(=O)c2ccc(F)cc2)cc1. The summed E-state index contributed by atoms with van der Waals surface area (Å²) in [6.45, 7) is -0.381. The molecule has 0 saturated heterocycles. The van der Waals surface area contributed by atoms with Crippen LogP contribution in [0.5, 0.6) is 5.75 Å². The van der Waals surface area contributed by atoms with Gasteiger partial charge in [0, 0.05) is 5.56 Å².